The van der Waals surface area contributed by atoms with Crippen molar-refractivity contribution in [2.24, 2.45) is 10.9 Å². The van der Waals surface area contributed by atoms with E-state index in [9.17, 15) is 22.8 Å². The van der Waals surface area contributed by atoms with Crippen molar-refractivity contribution in [2.75, 3.05) is 13.1 Å². The van der Waals surface area contributed by atoms with Crippen LogP contribution in [0.3, 0.4) is 0 Å². The van der Waals surface area contributed by atoms with Gasteiger partial charge in [0.2, 0.25) is 0 Å². The van der Waals surface area contributed by atoms with Crippen molar-refractivity contribution in [3.05, 3.63) is 36.9 Å². The summed E-state index contributed by atoms with van der Waals surface area (Å²) in [6.45, 7) is 8.36. The highest BCUT2D eigenvalue weighted by atomic mass is 19.4. The summed E-state index contributed by atoms with van der Waals surface area (Å²) in [5, 5.41) is 7.82. The molecule has 9 nitrogen and oxygen atoms in total. The first-order valence-corrected chi connectivity index (χ1v) is 10.1. The van der Waals surface area contributed by atoms with E-state index < -0.39 is 35.4 Å². The molecule has 1 amide bonds. The first-order chi connectivity index (χ1) is 15.4. The first-order valence-electron chi connectivity index (χ1n) is 10.1. The number of hydrogen-bond acceptors (Lipinski definition) is 7. The Morgan fingerprint density at radius 3 is 2.64 bits per heavy atom. The molecule has 1 fully saturated rings. The number of carbonyl (C=O) groups excluding carboxylic acids is 2. The molecule has 2 atom stereocenters. The Hall–Kier alpha value is -3.44. The van der Waals surface area contributed by atoms with E-state index in [1.807, 2.05) is 0 Å². The Balaban J connectivity index is 2.07. The fourth-order valence-corrected chi connectivity index (χ4v) is 3.66. The van der Waals surface area contributed by atoms with E-state index in [1.165, 1.54) is 11.0 Å². The molecule has 0 N–H and O–H groups in total. The molecular weight excluding hydrogens is 443 g/mol. The van der Waals surface area contributed by atoms with Gasteiger partial charge in [-0.2, -0.15) is 4.68 Å². The molecule has 1 saturated heterocycles. The molecule has 0 unspecified atom stereocenters. The number of benzene rings is 1. The summed E-state index contributed by atoms with van der Waals surface area (Å²) in [7, 11) is 0. The van der Waals surface area contributed by atoms with Gasteiger partial charge >= 0.3 is 12.5 Å². The molecular formula is C21H24F3N5O4. The van der Waals surface area contributed by atoms with Crippen LogP contribution in [0, 0.1) is 5.92 Å². The molecule has 0 spiro atoms. The average Bonchev–Trinajstić information content (AvgIpc) is 3.28. The summed E-state index contributed by atoms with van der Waals surface area (Å²) in [4.78, 5) is 31.6. The number of aromatic nitrogens is 3. The Bertz CT molecular complexity index is 1080. The highest BCUT2D eigenvalue weighted by Gasteiger charge is 2.55. The second kappa shape index (κ2) is 8.83. The van der Waals surface area contributed by atoms with Crippen LogP contribution in [0.2, 0.25) is 0 Å². The van der Waals surface area contributed by atoms with Crippen molar-refractivity contribution in [1.29, 1.82) is 0 Å². The Morgan fingerprint density at radius 1 is 1.30 bits per heavy atom. The molecule has 12 heteroatoms. The van der Waals surface area contributed by atoms with Gasteiger partial charge in [-0.3, -0.25) is 4.79 Å². The lowest BCUT2D eigenvalue weighted by Crippen LogP contribution is -2.49. The molecule has 2 heterocycles. The topological polar surface area (TPSA) is 98.9 Å². The smallest absolute Gasteiger partial charge is 0.444 e. The quantitative estimate of drug-likeness (QED) is 0.377. The van der Waals surface area contributed by atoms with Crippen molar-refractivity contribution in [2.45, 2.75) is 44.7 Å². The molecule has 3 rings (SSSR count). The maximum absolute atomic E-state index is 13.7. The Kier molecular flexibility index (Phi) is 6.48. The lowest BCUT2D eigenvalue weighted by atomic mass is 9.84. The number of fused-ring (bicyclic) bond motifs is 1. The lowest BCUT2D eigenvalue weighted by Gasteiger charge is -2.28. The number of allylic oxidation sites excluding steroid dienone is 1. The fraction of sp³-hybridized carbons (Fsp3) is 0.476. The first kappa shape index (κ1) is 24.2. The van der Waals surface area contributed by atoms with Crippen LogP contribution in [-0.4, -0.2) is 68.9 Å². The van der Waals surface area contributed by atoms with Crippen LogP contribution in [0.25, 0.3) is 11.0 Å². The number of amides is 1. The Labute approximate surface area is 187 Å². The maximum Gasteiger partial charge on any atom is 0.573 e. The highest BCUT2D eigenvalue weighted by molar-refractivity contribution is 5.96. The van der Waals surface area contributed by atoms with Crippen LogP contribution in [0.5, 0.6) is 0 Å². The molecule has 0 bridgehead atoms. The predicted octanol–water partition coefficient (Wildman–Crippen LogP) is 3.82. The number of likely N-dealkylation sites (tertiary alicyclic amines) is 1. The van der Waals surface area contributed by atoms with Crippen LogP contribution in [0.4, 0.5) is 18.0 Å². The van der Waals surface area contributed by atoms with Gasteiger partial charge in [0.25, 0.3) is 5.91 Å². The van der Waals surface area contributed by atoms with Gasteiger partial charge in [-0.25, -0.2) is 9.79 Å². The monoisotopic (exact) mass is 467 g/mol. The fourth-order valence-electron chi connectivity index (χ4n) is 3.66. The summed E-state index contributed by atoms with van der Waals surface area (Å²) in [5.74, 6) is -1.47. The van der Waals surface area contributed by atoms with E-state index >= 15 is 0 Å². The molecule has 1 aliphatic rings. The predicted molar refractivity (Wildman–Crippen MR) is 113 cm³/mol. The minimum absolute atomic E-state index is 0.00264. The summed E-state index contributed by atoms with van der Waals surface area (Å²) in [6, 6.07) is 6.61. The van der Waals surface area contributed by atoms with Crippen molar-refractivity contribution in [3.8, 4) is 0 Å². The summed E-state index contributed by atoms with van der Waals surface area (Å²) in [5.41, 5.74) is -1.89. The third-order valence-electron chi connectivity index (χ3n) is 5.03. The number of halogens is 3. The van der Waals surface area contributed by atoms with E-state index in [1.54, 1.807) is 45.0 Å². The van der Waals surface area contributed by atoms with Crippen LogP contribution in [0.1, 0.15) is 32.0 Å². The Morgan fingerprint density at radius 2 is 2.00 bits per heavy atom. The van der Waals surface area contributed by atoms with Gasteiger partial charge in [0.05, 0.1) is 12.1 Å². The minimum atomic E-state index is -4.99. The lowest BCUT2D eigenvalue weighted by molar-refractivity contribution is -0.280. The molecule has 33 heavy (non-hydrogen) atoms. The standard InChI is InChI=1S/C21H24F3N5O4/c1-5-8-14-11-28(18(31)33-19(2,3)4)12-20(14,25-13-32-21(22,23)24)17(30)29-16-10-7-6-9-15(16)26-27-29/h5-7,9-10,13-14H,1,8,11-12H2,2-4H3/t14-,20-/m0/s1. The second-order valence-corrected chi connectivity index (χ2v) is 8.60. The zero-order chi connectivity index (χ0) is 24.4. The summed E-state index contributed by atoms with van der Waals surface area (Å²) >= 11 is 0. The molecule has 1 aromatic heterocycles. The summed E-state index contributed by atoms with van der Waals surface area (Å²) < 4.78 is 48.0. The third kappa shape index (κ3) is 5.32. The molecule has 0 saturated carbocycles. The van der Waals surface area contributed by atoms with Crippen molar-refractivity contribution in [3.63, 3.8) is 0 Å². The van der Waals surface area contributed by atoms with Gasteiger partial charge < -0.3 is 14.4 Å². The van der Waals surface area contributed by atoms with E-state index in [0.717, 1.165) is 4.68 Å². The molecule has 1 aromatic carbocycles. The number of alkyl halides is 3. The molecule has 2 aromatic rings. The van der Waals surface area contributed by atoms with Crippen LogP contribution < -0.4 is 0 Å². The molecule has 0 radical (unpaired) electrons. The largest absolute Gasteiger partial charge is 0.573 e. The number of nitrogens with zero attached hydrogens (tertiary/aromatic N) is 5. The number of aliphatic imine (C=N–C) groups is 1. The number of ether oxygens (including phenoxy) is 2. The van der Waals surface area contributed by atoms with E-state index in [-0.39, 0.29) is 25.9 Å². The van der Waals surface area contributed by atoms with Gasteiger partial charge in [0.15, 0.2) is 11.9 Å². The van der Waals surface area contributed by atoms with Crippen molar-refractivity contribution < 1.29 is 32.2 Å². The normalized spacial score (nSPS) is 21.5. The molecule has 1 aliphatic heterocycles. The number of hydrogen-bond donors (Lipinski definition) is 0. The van der Waals surface area contributed by atoms with Crippen molar-refractivity contribution >= 4 is 29.4 Å². The van der Waals surface area contributed by atoms with E-state index in [0.29, 0.717) is 11.0 Å². The SMILES string of the molecule is C=CC[C@H]1CN(C(=O)OC(C)(C)C)C[C@@]1(N=COC(F)(F)F)C(=O)n1nnc2ccccc21. The van der Waals surface area contributed by atoms with Crippen molar-refractivity contribution in [1.82, 2.24) is 19.9 Å². The van der Waals surface area contributed by atoms with Crippen LogP contribution in [-0.2, 0) is 9.47 Å². The van der Waals surface area contributed by atoms with E-state index in [4.69, 9.17) is 4.74 Å². The average molecular weight is 467 g/mol. The summed E-state index contributed by atoms with van der Waals surface area (Å²) in [6.07, 6.45) is -3.84. The maximum atomic E-state index is 13.7. The second-order valence-electron chi connectivity index (χ2n) is 8.60. The highest BCUT2D eigenvalue weighted by Crippen LogP contribution is 2.37. The minimum Gasteiger partial charge on any atom is -0.444 e. The van der Waals surface area contributed by atoms with Crippen LogP contribution in [0.15, 0.2) is 41.9 Å². The third-order valence-corrected chi connectivity index (χ3v) is 5.03. The molecule has 0 aliphatic carbocycles. The number of para-hydroxylation sites is 1. The van der Waals surface area contributed by atoms with Gasteiger partial charge in [-0.1, -0.05) is 23.4 Å². The molecule has 178 valence electrons. The number of rotatable bonds is 5. The van der Waals surface area contributed by atoms with Gasteiger partial charge in [0.1, 0.15) is 11.1 Å². The zero-order valence-corrected chi connectivity index (χ0v) is 18.4. The van der Waals surface area contributed by atoms with Gasteiger partial charge in [0, 0.05) is 12.5 Å². The van der Waals surface area contributed by atoms with E-state index in [2.05, 4.69) is 26.6 Å². The van der Waals surface area contributed by atoms with Gasteiger partial charge in [-0.15, -0.1) is 24.8 Å². The zero-order valence-electron chi connectivity index (χ0n) is 18.4. The van der Waals surface area contributed by atoms with Gasteiger partial charge in [-0.05, 0) is 39.3 Å². The number of carbonyl (C=O) groups is 2. The van der Waals surface area contributed by atoms with Crippen LogP contribution >= 0.6 is 0 Å².